The Morgan fingerprint density at radius 3 is 2.84 bits per heavy atom. The van der Waals surface area contributed by atoms with Gasteiger partial charge in [0, 0.05) is 12.1 Å². The molecule has 4 nitrogen and oxygen atoms in total. The van der Waals surface area contributed by atoms with Gasteiger partial charge < -0.3 is 9.73 Å². The number of nitrogens with one attached hydrogen (secondary N) is 1. The van der Waals surface area contributed by atoms with E-state index in [1.54, 1.807) is 6.26 Å². The first-order valence-electron chi connectivity index (χ1n) is 6.58. The molecule has 0 unspecified atom stereocenters. The van der Waals surface area contributed by atoms with Crippen LogP contribution in [0, 0.1) is 13.8 Å². The summed E-state index contributed by atoms with van der Waals surface area (Å²) < 4.78 is 7.43. The molecule has 0 atom stereocenters. The largest absolute Gasteiger partial charge is 0.467 e. The van der Waals surface area contributed by atoms with Crippen molar-refractivity contribution >= 4 is 11.6 Å². The van der Waals surface area contributed by atoms with Crippen LogP contribution in [0.3, 0.4) is 0 Å². The maximum absolute atomic E-state index is 6.13. The number of furan rings is 1. The minimum Gasteiger partial charge on any atom is -0.467 e. The normalized spacial score (nSPS) is 11.2. The Kier molecular flexibility index (Phi) is 4.66. The molecule has 0 amide bonds. The molecule has 0 saturated heterocycles. The van der Waals surface area contributed by atoms with Crippen molar-refractivity contribution < 1.29 is 4.42 Å². The molecule has 19 heavy (non-hydrogen) atoms. The van der Waals surface area contributed by atoms with E-state index in [2.05, 4.69) is 23.4 Å². The molecule has 0 spiro atoms. The second-order valence-electron chi connectivity index (χ2n) is 4.74. The van der Waals surface area contributed by atoms with Crippen LogP contribution in [0.4, 0.5) is 0 Å². The average Bonchev–Trinajstić information content (AvgIpc) is 2.92. The van der Waals surface area contributed by atoms with E-state index in [1.807, 2.05) is 18.5 Å². The highest BCUT2D eigenvalue weighted by Gasteiger charge is 2.11. The third-order valence-electron chi connectivity index (χ3n) is 3.06. The lowest BCUT2D eigenvalue weighted by Gasteiger charge is -2.01. The molecule has 0 aliphatic carbocycles. The predicted octanol–water partition coefficient (Wildman–Crippen LogP) is 3.29. The van der Waals surface area contributed by atoms with Gasteiger partial charge in [-0.15, -0.1) is 0 Å². The zero-order valence-corrected chi connectivity index (χ0v) is 12.4. The van der Waals surface area contributed by atoms with Crippen LogP contribution < -0.4 is 5.32 Å². The van der Waals surface area contributed by atoms with Gasteiger partial charge in [-0.25, -0.2) is 0 Å². The van der Waals surface area contributed by atoms with E-state index in [0.717, 1.165) is 47.2 Å². The third-order valence-corrected chi connectivity index (χ3v) is 3.61. The highest BCUT2D eigenvalue weighted by molar-refractivity contribution is 6.31. The van der Waals surface area contributed by atoms with E-state index in [-0.39, 0.29) is 0 Å². The lowest BCUT2D eigenvalue weighted by molar-refractivity contribution is 0.474. The van der Waals surface area contributed by atoms with Crippen LogP contribution in [0.5, 0.6) is 0 Å². The van der Waals surface area contributed by atoms with E-state index < -0.39 is 0 Å². The molecular weight excluding hydrogens is 262 g/mol. The van der Waals surface area contributed by atoms with Crippen molar-refractivity contribution in [3.05, 3.63) is 40.1 Å². The standard InChI is InChI=1S/C14H20ClN3O/c1-4-5-16-7-12-6-13(19-9-12)8-18-11(3)14(15)10(2)17-18/h6,9,16H,4-5,7-8H2,1-3H3. The van der Waals surface area contributed by atoms with Gasteiger partial charge in [-0.2, -0.15) is 5.10 Å². The molecule has 0 radical (unpaired) electrons. The van der Waals surface area contributed by atoms with Gasteiger partial charge in [0.15, 0.2) is 0 Å². The van der Waals surface area contributed by atoms with Gasteiger partial charge in [0.25, 0.3) is 0 Å². The highest BCUT2D eigenvalue weighted by atomic mass is 35.5. The van der Waals surface area contributed by atoms with Crippen LogP contribution in [0.25, 0.3) is 0 Å². The van der Waals surface area contributed by atoms with E-state index in [0.29, 0.717) is 6.54 Å². The zero-order valence-electron chi connectivity index (χ0n) is 11.7. The molecule has 0 fully saturated rings. The van der Waals surface area contributed by atoms with E-state index >= 15 is 0 Å². The quantitative estimate of drug-likeness (QED) is 0.826. The lowest BCUT2D eigenvalue weighted by Crippen LogP contribution is -2.13. The fourth-order valence-corrected chi connectivity index (χ4v) is 2.12. The molecule has 0 bridgehead atoms. The second-order valence-corrected chi connectivity index (χ2v) is 5.12. The number of aromatic nitrogens is 2. The molecule has 2 rings (SSSR count). The first-order chi connectivity index (χ1) is 9.11. The average molecular weight is 282 g/mol. The molecule has 0 aliphatic rings. The first kappa shape index (κ1) is 14.2. The van der Waals surface area contributed by atoms with Gasteiger partial charge in [0.1, 0.15) is 5.76 Å². The van der Waals surface area contributed by atoms with Gasteiger partial charge in [0.2, 0.25) is 0 Å². The Labute approximate surface area is 118 Å². The van der Waals surface area contributed by atoms with E-state index in [9.17, 15) is 0 Å². The summed E-state index contributed by atoms with van der Waals surface area (Å²) in [6, 6.07) is 2.06. The number of aryl methyl sites for hydroxylation is 1. The molecule has 5 heteroatoms. The van der Waals surface area contributed by atoms with Crippen molar-refractivity contribution in [3.8, 4) is 0 Å². The molecular formula is C14H20ClN3O. The summed E-state index contributed by atoms with van der Waals surface area (Å²) in [4.78, 5) is 0. The Morgan fingerprint density at radius 1 is 1.42 bits per heavy atom. The van der Waals surface area contributed by atoms with Crippen molar-refractivity contribution in [1.29, 1.82) is 0 Å². The van der Waals surface area contributed by atoms with Crippen LogP contribution in [0.1, 0.15) is 36.1 Å². The molecule has 2 heterocycles. The molecule has 104 valence electrons. The minimum absolute atomic E-state index is 0.618. The summed E-state index contributed by atoms with van der Waals surface area (Å²) in [6.45, 7) is 8.51. The van der Waals surface area contributed by atoms with Gasteiger partial charge in [-0.05, 0) is 32.9 Å². The van der Waals surface area contributed by atoms with Crippen LogP contribution in [-0.4, -0.2) is 16.3 Å². The van der Waals surface area contributed by atoms with Crippen molar-refractivity contribution in [3.63, 3.8) is 0 Å². The summed E-state index contributed by atoms with van der Waals surface area (Å²) in [6.07, 6.45) is 2.93. The molecule has 0 aromatic carbocycles. The van der Waals surface area contributed by atoms with Gasteiger partial charge in [-0.1, -0.05) is 18.5 Å². The van der Waals surface area contributed by atoms with Crippen molar-refractivity contribution in [1.82, 2.24) is 15.1 Å². The Hall–Kier alpha value is -1.26. The molecule has 0 aliphatic heterocycles. The lowest BCUT2D eigenvalue weighted by atomic mass is 10.3. The summed E-state index contributed by atoms with van der Waals surface area (Å²) >= 11 is 6.13. The predicted molar refractivity (Wildman–Crippen MR) is 76.5 cm³/mol. The number of hydrogen-bond acceptors (Lipinski definition) is 3. The maximum Gasteiger partial charge on any atom is 0.125 e. The Balaban J connectivity index is 2.01. The van der Waals surface area contributed by atoms with Crippen molar-refractivity contribution in [2.45, 2.75) is 40.3 Å². The summed E-state index contributed by atoms with van der Waals surface area (Å²) in [5.41, 5.74) is 2.99. The number of rotatable bonds is 6. The van der Waals surface area contributed by atoms with Crippen LogP contribution in [0.2, 0.25) is 5.02 Å². The molecule has 1 N–H and O–H groups in total. The van der Waals surface area contributed by atoms with Crippen LogP contribution in [0.15, 0.2) is 16.7 Å². The summed E-state index contributed by atoms with van der Waals surface area (Å²) in [5.74, 6) is 0.899. The monoisotopic (exact) mass is 281 g/mol. The van der Waals surface area contributed by atoms with E-state index in [4.69, 9.17) is 16.0 Å². The maximum atomic E-state index is 6.13. The summed E-state index contributed by atoms with van der Waals surface area (Å²) in [5, 5.41) is 8.48. The smallest absolute Gasteiger partial charge is 0.125 e. The fourth-order valence-electron chi connectivity index (χ4n) is 1.99. The zero-order chi connectivity index (χ0) is 13.8. The van der Waals surface area contributed by atoms with Crippen molar-refractivity contribution in [2.75, 3.05) is 6.54 Å². The number of hydrogen-bond donors (Lipinski definition) is 1. The first-order valence-corrected chi connectivity index (χ1v) is 6.96. The van der Waals surface area contributed by atoms with E-state index in [1.165, 1.54) is 0 Å². The Morgan fingerprint density at radius 2 is 2.21 bits per heavy atom. The molecule has 2 aromatic heterocycles. The van der Waals surface area contributed by atoms with Crippen molar-refractivity contribution in [2.24, 2.45) is 0 Å². The summed E-state index contributed by atoms with van der Waals surface area (Å²) in [7, 11) is 0. The van der Waals surface area contributed by atoms with Crippen LogP contribution in [-0.2, 0) is 13.1 Å². The fraction of sp³-hybridized carbons (Fsp3) is 0.500. The number of nitrogens with zero attached hydrogens (tertiary/aromatic N) is 2. The minimum atomic E-state index is 0.618. The number of halogens is 1. The Bertz CT molecular complexity index is 545. The molecule has 2 aromatic rings. The highest BCUT2D eigenvalue weighted by Crippen LogP contribution is 2.20. The molecule has 0 saturated carbocycles. The van der Waals surface area contributed by atoms with Crippen LogP contribution >= 0.6 is 11.6 Å². The second kappa shape index (κ2) is 6.26. The topological polar surface area (TPSA) is 43.0 Å². The van der Waals surface area contributed by atoms with Gasteiger partial charge in [-0.3, -0.25) is 4.68 Å². The third kappa shape index (κ3) is 3.39. The van der Waals surface area contributed by atoms with Gasteiger partial charge >= 0.3 is 0 Å². The SMILES string of the molecule is CCCNCc1coc(Cn2nc(C)c(Cl)c2C)c1. The van der Waals surface area contributed by atoms with Gasteiger partial charge in [0.05, 0.1) is 29.2 Å².